The van der Waals surface area contributed by atoms with Gasteiger partial charge in [0.2, 0.25) is 0 Å². The number of hydrogen-bond donors (Lipinski definition) is 0. The van der Waals surface area contributed by atoms with Crippen molar-refractivity contribution >= 4 is 32.5 Å². The average Bonchev–Trinajstić information content (AvgIpc) is 3.85. The first kappa shape index (κ1) is 32.6. The van der Waals surface area contributed by atoms with E-state index in [9.17, 15) is 0 Å². The molecule has 57 heavy (non-hydrogen) atoms. The Labute approximate surface area is 362 Å². The summed E-state index contributed by atoms with van der Waals surface area (Å²) >= 11 is 1.69. The van der Waals surface area contributed by atoms with Crippen LogP contribution in [0.25, 0.3) is 71.7 Å². The minimum absolute atomic E-state index is 0. The number of hydrogen-bond acceptors (Lipinski definition) is 3. The molecule has 0 spiro atoms. The van der Waals surface area contributed by atoms with Crippen molar-refractivity contribution < 1.29 is 28.3 Å². The summed E-state index contributed by atoms with van der Waals surface area (Å²) in [5, 5.41) is 4.89. The van der Waals surface area contributed by atoms with Gasteiger partial charge in [0, 0.05) is 45.7 Å². The molecule has 285 valence electrons. The molecule has 5 heteroatoms. The van der Waals surface area contributed by atoms with Crippen LogP contribution in [0.2, 0.25) is 0 Å². The number of rotatable bonds is 5. The van der Waals surface area contributed by atoms with Crippen LogP contribution in [0, 0.1) is 39.0 Å². The smallest absolute Gasteiger partial charge is 0.0774 e. The molecule has 0 N–H and O–H groups in total. The van der Waals surface area contributed by atoms with Gasteiger partial charge < -0.3 is 9.55 Å². The second kappa shape index (κ2) is 16.6. The van der Waals surface area contributed by atoms with E-state index >= 15 is 0 Å². The first-order valence-electron chi connectivity index (χ1n) is 21.7. The van der Waals surface area contributed by atoms with Gasteiger partial charge in [-0.2, -0.15) is 0 Å². The van der Waals surface area contributed by atoms with Crippen LogP contribution in [0.15, 0.2) is 146 Å². The van der Waals surface area contributed by atoms with Crippen LogP contribution < -0.4 is 0 Å². The first-order valence-corrected chi connectivity index (χ1v) is 19.5. The summed E-state index contributed by atoms with van der Waals surface area (Å²) in [6.07, 6.45) is 1.30. The maximum atomic E-state index is 7.28. The molecule has 9 rings (SSSR count). The Morgan fingerprint density at radius 3 is 1.95 bits per heavy atom. The zero-order chi connectivity index (χ0) is 44.0. The number of thiophene rings is 1. The number of aryl methyl sites for hydroxylation is 4. The van der Waals surface area contributed by atoms with Crippen molar-refractivity contribution in [3.63, 3.8) is 0 Å². The molecule has 9 aromatic rings. The van der Waals surface area contributed by atoms with Gasteiger partial charge in [-0.05, 0) is 78.3 Å². The Morgan fingerprint density at radius 1 is 0.702 bits per heavy atom. The number of fused-ring (bicyclic) bond motifs is 2. The Hall–Kier alpha value is -5.45. The molecule has 0 aliphatic rings. The number of aromatic nitrogens is 3. The summed E-state index contributed by atoms with van der Waals surface area (Å²) in [5.74, 6) is 0.922. The van der Waals surface area contributed by atoms with Crippen molar-refractivity contribution in [2.45, 2.75) is 53.7 Å². The predicted molar refractivity (Wildman–Crippen MR) is 238 cm³/mol. The fourth-order valence-corrected chi connectivity index (χ4v) is 8.04. The van der Waals surface area contributed by atoms with Gasteiger partial charge in [-0.15, -0.1) is 46.8 Å². The number of imidazole rings is 1. The van der Waals surface area contributed by atoms with Gasteiger partial charge in [-0.25, -0.2) is 0 Å². The number of pyridine rings is 1. The molecule has 0 bridgehead atoms. The SMILES string of the molecule is Cc1cc(C)c2s[c-]c(-c3nc4ccccc4n3-c3c(-c4ccccc4)cc(C(C)(C)C)cc3-c3ccccc3)c2c1.[2H]C([2H])([2H])c1c[c-]c(-c2ccc(C([2H])([2H])[2H])cn2)cc1.[Ir]. The quantitative estimate of drug-likeness (QED) is 0.161. The fraction of sp³-hybridized carbons (Fsp3) is 0.154. The zero-order valence-electron chi connectivity index (χ0n) is 38.4. The summed E-state index contributed by atoms with van der Waals surface area (Å²) in [6.45, 7) is 6.90. The fourth-order valence-electron chi connectivity index (χ4n) is 7.14. The first-order chi connectivity index (χ1) is 29.5. The van der Waals surface area contributed by atoms with Gasteiger partial charge in [0.15, 0.2) is 0 Å². The van der Waals surface area contributed by atoms with E-state index in [2.05, 4.69) is 165 Å². The molecule has 0 unspecified atom stereocenters. The van der Waals surface area contributed by atoms with Gasteiger partial charge in [-0.1, -0.05) is 145 Å². The monoisotopic (exact) mass is 942 g/mol. The molecular formula is C52H45IrN3S-2. The van der Waals surface area contributed by atoms with Crippen molar-refractivity contribution in [2.75, 3.05) is 0 Å². The third-order valence-electron chi connectivity index (χ3n) is 9.95. The van der Waals surface area contributed by atoms with Crippen LogP contribution in [-0.2, 0) is 25.5 Å². The molecule has 0 saturated heterocycles. The second-order valence-electron chi connectivity index (χ2n) is 15.1. The molecule has 3 nitrogen and oxygen atoms in total. The van der Waals surface area contributed by atoms with Crippen LogP contribution in [0.5, 0.6) is 0 Å². The Balaban J connectivity index is 0.000000239. The van der Waals surface area contributed by atoms with E-state index in [1.165, 1.54) is 73.4 Å². The van der Waals surface area contributed by atoms with E-state index in [0.29, 0.717) is 11.3 Å². The molecular weight excluding hydrogens is 891 g/mol. The van der Waals surface area contributed by atoms with E-state index in [1.54, 1.807) is 23.5 Å². The van der Waals surface area contributed by atoms with Gasteiger partial charge in [-0.3, -0.25) is 16.3 Å². The van der Waals surface area contributed by atoms with Gasteiger partial charge in [0.25, 0.3) is 0 Å². The summed E-state index contributed by atoms with van der Waals surface area (Å²) in [4.78, 5) is 9.40. The largest absolute Gasteiger partial charge is 0.332 e. The van der Waals surface area contributed by atoms with Crippen LogP contribution >= 0.6 is 11.3 Å². The molecule has 6 aromatic carbocycles. The summed E-state index contributed by atoms with van der Waals surface area (Å²) < 4.78 is 47.3. The number of benzene rings is 6. The van der Waals surface area contributed by atoms with E-state index in [4.69, 9.17) is 13.2 Å². The molecule has 0 aliphatic carbocycles. The van der Waals surface area contributed by atoms with Crippen molar-refractivity contribution in [3.05, 3.63) is 185 Å². The van der Waals surface area contributed by atoms with Gasteiger partial charge in [0.1, 0.15) is 0 Å². The summed E-state index contributed by atoms with van der Waals surface area (Å²) in [5.41, 5.74) is 14.4. The minimum Gasteiger partial charge on any atom is -0.332 e. The topological polar surface area (TPSA) is 30.7 Å². The molecule has 0 saturated carbocycles. The van der Waals surface area contributed by atoms with Crippen LogP contribution in [0.1, 0.15) is 56.8 Å². The second-order valence-corrected chi connectivity index (χ2v) is 15.9. The molecule has 0 aliphatic heterocycles. The standard InChI is InChI=1S/C39H33N2S.C13H12N.Ir/c1-25-20-26(2)37-32(21-25)33(24-42-37)38-40-34-18-12-13-19-35(34)41(38)36-30(27-14-8-6-9-15-27)22-29(39(3,4)5)23-31(36)28-16-10-7-11-17-28;1-10-3-6-12(7-4-10)13-8-5-11(2)9-14-13;/h6-23H,1-5H3;3-6,8-9H,1-2H3;/q2*-1;/i;1D3,2D3;. The molecule has 0 atom stereocenters. The molecule has 0 fully saturated rings. The Bertz CT molecular complexity index is 2900. The maximum absolute atomic E-state index is 7.28. The van der Waals surface area contributed by atoms with Gasteiger partial charge >= 0.3 is 0 Å². The van der Waals surface area contributed by atoms with E-state index in [0.717, 1.165) is 28.1 Å². The van der Waals surface area contributed by atoms with Crippen molar-refractivity contribution in [2.24, 2.45) is 0 Å². The average molecular weight is 942 g/mol. The van der Waals surface area contributed by atoms with Crippen molar-refractivity contribution in [1.82, 2.24) is 14.5 Å². The number of para-hydroxylation sites is 2. The Kier molecular flexibility index (Phi) is 9.48. The minimum atomic E-state index is -2.18. The van der Waals surface area contributed by atoms with Gasteiger partial charge in [0.05, 0.1) is 22.5 Å². The van der Waals surface area contributed by atoms with Crippen molar-refractivity contribution in [3.8, 4) is 50.6 Å². The maximum Gasteiger partial charge on any atom is 0.0774 e. The third-order valence-corrected chi connectivity index (χ3v) is 11.0. The summed E-state index contributed by atoms with van der Waals surface area (Å²) in [7, 11) is 0. The Morgan fingerprint density at radius 2 is 1.35 bits per heavy atom. The van der Waals surface area contributed by atoms with Crippen molar-refractivity contribution in [1.29, 1.82) is 0 Å². The zero-order valence-corrected chi connectivity index (χ0v) is 35.7. The molecule has 0 amide bonds. The van der Waals surface area contributed by atoms with Crippen LogP contribution in [-0.4, -0.2) is 14.5 Å². The normalized spacial score (nSPS) is 13.3. The number of nitrogens with zero attached hydrogens (tertiary/aromatic N) is 3. The predicted octanol–water partition coefficient (Wildman–Crippen LogP) is 14.1. The molecule has 3 heterocycles. The van der Waals surface area contributed by atoms with Crippen LogP contribution in [0.3, 0.4) is 0 Å². The third kappa shape index (κ3) is 8.20. The van der Waals surface area contributed by atoms with Crippen LogP contribution in [0.4, 0.5) is 0 Å². The molecule has 3 aromatic heterocycles. The van der Waals surface area contributed by atoms with E-state index in [-0.39, 0.29) is 36.6 Å². The van der Waals surface area contributed by atoms with E-state index < -0.39 is 13.7 Å². The summed E-state index contributed by atoms with van der Waals surface area (Å²) in [6, 6.07) is 49.8. The van der Waals surface area contributed by atoms with E-state index in [1.807, 2.05) is 0 Å². The molecule has 1 radical (unpaired) electrons.